The van der Waals surface area contributed by atoms with E-state index in [2.05, 4.69) is 0 Å². The molecule has 0 bridgehead atoms. The number of thiophene rings is 1. The second-order valence-corrected chi connectivity index (χ2v) is 5.28. The van der Waals surface area contributed by atoms with Gasteiger partial charge < -0.3 is 0 Å². The maximum Gasteiger partial charge on any atom is 0.0638 e. The lowest BCUT2D eigenvalue weighted by molar-refractivity contribution is 1.52. The zero-order valence-corrected chi connectivity index (χ0v) is 11.2. The Morgan fingerprint density at radius 2 is 1.70 bits per heavy atom. The van der Waals surface area contributed by atoms with Crippen LogP contribution in [0.5, 0.6) is 0 Å². The normalized spacial score (nSPS) is 18.9. The molecule has 1 heterocycles. The van der Waals surface area contributed by atoms with E-state index in [0.717, 1.165) is 11.3 Å². The molecule has 4 aromatic rings. The van der Waals surface area contributed by atoms with Crippen molar-refractivity contribution < 1.29 is 15.1 Å². The second kappa shape index (κ2) is 4.46. The standard InChI is InChI=1S/C19H14S/c1-13-10-11-18-17(12-13)16-9-5-8-15(19(16)20-18)14-6-3-2-4-7-14/h2-12H,1H3/i2D,3D,4D,5D,6D,7D,8D,9D,10D,11D,12D. The monoisotopic (exact) mass is 285 g/mol. The molecule has 3 aromatic carbocycles. The van der Waals surface area contributed by atoms with Gasteiger partial charge in [-0.25, -0.2) is 0 Å². The molecule has 0 aliphatic rings. The molecule has 0 amide bonds. The van der Waals surface area contributed by atoms with E-state index in [1.807, 2.05) is 0 Å². The van der Waals surface area contributed by atoms with E-state index in [1.54, 1.807) is 0 Å². The third-order valence-corrected chi connectivity index (χ3v) is 4.06. The minimum absolute atomic E-state index is 0.0695. The minimum atomic E-state index is -0.586. The molecule has 0 saturated heterocycles. The van der Waals surface area contributed by atoms with Crippen LogP contribution in [0.3, 0.4) is 0 Å². The zero-order chi connectivity index (χ0) is 23.1. The van der Waals surface area contributed by atoms with Crippen LogP contribution in [-0.2, 0) is 0 Å². The van der Waals surface area contributed by atoms with E-state index in [9.17, 15) is 0 Å². The van der Waals surface area contributed by atoms with Crippen LogP contribution in [0.15, 0.2) is 66.5 Å². The van der Waals surface area contributed by atoms with Crippen molar-refractivity contribution in [2.24, 2.45) is 0 Å². The van der Waals surface area contributed by atoms with Gasteiger partial charge in [0.25, 0.3) is 0 Å². The van der Waals surface area contributed by atoms with Gasteiger partial charge in [-0.2, -0.15) is 0 Å². The highest BCUT2D eigenvalue weighted by Crippen LogP contribution is 2.39. The lowest BCUT2D eigenvalue weighted by atomic mass is 10.0. The van der Waals surface area contributed by atoms with Crippen LogP contribution >= 0.6 is 11.3 Å². The smallest absolute Gasteiger partial charge is 0.0638 e. The molecule has 20 heavy (non-hydrogen) atoms. The summed E-state index contributed by atoms with van der Waals surface area (Å²) < 4.78 is 90.7. The van der Waals surface area contributed by atoms with Crippen molar-refractivity contribution in [1.82, 2.24) is 0 Å². The predicted octanol–water partition coefficient (Wildman–Crippen LogP) is 6.03. The molecule has 0 aliphatic carbocycles. The number of benzene rings is 3. The van der Waals surface area contributed by atoms with Gasteiger partial charge in [0.2, 0.25) is 0 Å². The van der Waals surface area contributed by atoms with E-state index in [0.29, 0.717) is 0 Å². The summed E-state index contributed by atoms with van der Waals surface area (Å²) in [6.07, 6.45) is 0. The fraction of sp³-hybridized carbons (Fsp3) is 0.0526. The van der Waals surface area contributed by atoms with Crippen LogP contribution < -0.4 is 0 Å². The molecule has 0 atom stereocenters. The van der Waals surface area contributed by atoms with Crippen molar-refractivity contribution >= 4 is 31.5 Å². The Morgan fingerprint density at radius 1 is 0.850 bits per heavy atom. The predicted molar refractivity (Wildman–Crippen MR) is 89.5 cm³/mol. The van der Waals surface area contributed by atoms with Crippen LogP contribution in [0, 0.1) is 6.92 Å². The first kappa shape index (κ1) is 5.01. The van der Waals surface area contributed by atoms with Gasteiger partial charge in [0.1, 0.15) is 0 Å². The minimum Gasteiger partial charge on any atom is -0.135 e. The molecule has 1 aromatic heterocycles. The topological polar surface area (TPSA) is 0 Å². The summed E-state index contributed by atoms with van der Waals surface area (Å²) in [4.78, 5) is 0. The van der Waals surface area contributed by atoms with Gasteiger partial charge >= 0.3 is 0 Å². The van der Waals surface area contributed by atoms with Crippen LogP contribution in [0.25, 0.3) is 31.3 Å². The first-order chi connectivity index (χ1) is 14.4. The van der Waals surface area contributed by atoms with Crippen LogP contribution in [-0.4, -0.2) is 0 Å². The number of rotatable bonds is 1. The van der Waals surface area contributed by atoms with Crippen molar-refractivity contribution in [3.63, 3.8) is 0 Å². The first-order valence-corrected chi connectivity index (χ1v) is 6.72. The van der Waals surface area contributed by atoms with Crippen molar-refractivity contribution in [3.8, 4) is 11.1 Å². The Hall–Kier alpha value is -2.12. The van der Waals surface area contributed by atoms with Crippen LogP contribution in [0.4, 0.5) is 0 Å². The molecule has 0 nitrogen and oxygen atoms in total. The molecule has 0 radical (unpaired) electrons. The molecule has 0 N–H and O–H groups in total. The molecule has 96 valence electrons. The van der Waals surface area contributed by atoms with Crippen molar-refractivity contribution in [1.29, 1.82) is 0 Å². The van der Waals surface area contributed by atoms with Crippen molar-refractivity contribution in [3.05, 3.63) is 72.0 Å². The molecule has 0 saturated carbocycles. The van der Waals surface area contributed by atoms with Crippen LogP contribution in [0.1, 0.15) is 20.6 Å². The summed E-state index contributed by atoms with van der Waals surface area (Å²) in [5.41, 5.74) is -0.124. The van der Waals surface area contributed by atoms with E-state index in [1.165, 1.54) is 6.92 Å². The average Bonchev–Trinajstić information content (AvgIpc) is 3.14. The quantitative estimate of drug-likeness (QED) is 0.400. The van der Waals surface area contributed by atoms with Gasteiger partial charge in [-0.15, -0.1) is 11.3 Å². The molecule has 0 fully saturated rings. The SMILES string of the molecule is [2H]c1c([2H])c([2H])c(-c2c([2H])c([2H])c([2H])c3c2sc2c([2H])c([2H])c(C)c([2H])c23)c([2H])c1[2H]. The first-order valence-electron chi connectivity index (χ1n) is 11.4. The second-order valence-electron chi connectivity index (χ2n) is 4.26. The fourth-order valence-corrected chi connectivity index (χ4v) is 3.14. The van der Waals surface area contributed by atoms with Crippen molar-refractivity contribution in [2.45, 2.75) is 6.92 Å². The third-order valence-electron chi connectivity index (χ3n) is 2.94. The largest absolute Gasteiger partial charge is 0.135 e. The third kappa shape index (κ3) is 1.75. The Labute approximate surface area is 137 Å². The Morgan fingerprint density at radius 3 is 2.55 bits per heavy atom. The average molecular weight is 285 g/mol. The fourth-order valence-electron chi connectivity index (χ4n) is 2.07. The Balaban J connectivity index is 2.36. The molecular weight excluding hydrogens is 260 g/mol. The summed E-state index contributed by atoms with van der Waals surface area (Å²) in [7, 11) is 0. The number of hydrogen-bond donors (Lipinski definition) is 0. The van der Waals surface area contributed by atoms with E-state index < -0.39 is 42.3 Å². The molecule has 4 rings (SSSR count). The number of hydrogen-bond acceptors (Lipinski definition) is 1. The summed E-state index contributed by atoms with van der Waals surface area (Å²) >= 11 is 0.930. The summed E-state index contributed by atoms with van der Waals surface area (Å²) in [6.45, 7) is 1.52. The molecular formula is C19H14S. The van der Waals surface area contributed by atoms with Gasteiger partial charge in [0.15, 0.2) is 0 Å². The van der Waals surface area contributed by atoms with Gasteiger partial charge in [-0.1, -0.05) is 59.9 Å². The van der Waals surface area contributed by atoms with Gasteiger partial charge in [-0.3, -0.25) is 0 Å². The molecule has 0 spiro atoms. The molecule has 1 heteroatoms. The molecule has 0 unspecified atom stereocenters. The maximum absolute atomic E-state index is 8.45. The van der Waals surface area contributed by atoms with Crippen molar-refractivity contribution in [2.75, 3.05) is 0 Å². The zero-order valence-electron chi connectivity index (χ0n) is 21.4. The summed E-state index contributed by atoms with van der Waals surface area (Å²) in [6, 6.07) is -4.52. The highest BCUT2D eigenvalue weighted by atomic mass is 32.1. The molecule has 0 aliphatic heterocycles. The maximum atomic E-state index is 8.45. The lowest BCUT2D eigenvalue weighted by Gasteiger charge is -2.02. The highest BCUT2D eigenvalue weighted by Gasteiger charge is 2.09. The van der Waals surface area contributed by atoms with E-state index in [-0.39, 0.29) is 61.0 Å². The Bertz CT molecular complexity index is 1420. The van der Waals surface area contributed by atoms with Gasteiger partial charge in [-0.05, 0) is 30.1 Å². The summed E-state index contributed by atoms with van der Waals surface area (Å²) in [5.74, 6) is 0. The Kier molecular flexibility index (Phi) is 1.12. The van der Waals surface area contributed by atoms with Crippen LogP contribution in [0.2, 0.25) is 0 Å². The number of fused-ring (bicyclic) bond motifs is 3. The van der Waals surface area contributed by atoms with E-state index in [4.69, 9.17) is 15.1 Å². The summed E-state index contributed by atoms with van der Waals surface area (Å²) in [5, 5.41) is 0.315. The lowest BCUT2D eigenvalue weighted by Crippen LogP contribution is -1.77. The van der Waals surface area contributed by atoms with Gasteiger partial charge in [0, 0.05) is 20.2 Å². The highest BCUT2D eigenvalue weighted by molar-refractivity contribution is 7.26. The van der Waals surface area contributed by atoms with Gasteiger partial charge in [0.05, 0.1) is 15.1 Å². The van der Waals surface area contributed by atoms with E-state index >= 15 is 0 Å².